The van der Waals surface area contributed by atoms with Gasteiger partial charge in [0.1, 0.15) is 17.5 Å². The van der Waals surface area contributed by atoms with Gasteiger partial charge in [0.05, 0.1) is 27.4 Å². The van der Waals surface area contributed by atoms with Crippen molar-refractivity contribution in [2.45, 2.75) is 19.5 Å². The molecule has 1 aliphatic heterocycles. The molecule has 154 valence electrons. The lowest BCUT2D eigenvalue weighted by Gasteiger charge is -2.38. The maximum Gasteiger partial charge on any atom is 0.173 e. The summed E-state index contributed by atoms with van der Waals surface area (Å²) in [5, 5.41) is 12.5. The first kappa shape index (κ1) is 20.5. The fourth-order valence-corrected chi connectivity index (χ4v) is 3.63. The number of methoxy groups -OCH3 is 3. The Kier molecular flexibility index (Phi) is 7.18. The molecule has 0 N–H and O–H groups in total. The molecule has 1 aliphatic rings. The molecule has 2 heterocycles. The van der Waals surface area contributed by atoms with Crippen LogP contribution in [0.5, 0.6) is 11.5 Å². The highest BCUT2D eigenvalue weighted by Gasteiger charge is 2.32. The minimum absolute atomic E-state index is 0.105. The van der Waals surface area contributed by atoms with Crippen LogP contribution in [0, 0.1) is 0 Å². The van der Waals surface area contributed by atoms with E-state index in [-0.39, 0.29) is 6.04 Å². The molecule has 0 amide bonds. The molecule has 0 spiro atoms. The van der Waals surface area contributed by atoms with Crippen LogP contribution in [0.4, 0.5) is 0 Å². The highest BCUT2D eigenvalue weighted by atomic mass is 16.5. The van der Waals surface area contributed by atoms with Gasteiger partial charge in [0.15, 0.2) is 5.82 Å². The average Bonchev–Trinajstić information content (AvgIpc) is 3.21. The number of likely N-dealkylation sites (N-methyl/N-ethyl adjacent to an activating group) is 1. The van der Waals surface area contributed by atoms with Gasteiger partial charge in [0, 0.05) is 44.9 Å². The first-order valence-electron chi connectivity index (χ1n) is 9.65. The smallest absolute Gasteiger partial charge is 0.173 e. The Morgan fingerprint density at radius 2 is 1.86 bits per heavy atom. The lowest BCUT2D eigenvalue weighted by molar-refractivity contribution is 0.106. The van der Waals surface area contributed by atoms with Crippen molar-refractivity contribution >= 4 is 0 Å². The number of nitrogens with zero attached hydrogens (tertiary/aromatic N) is 6. The van der Waals surface area contributed by atoms with Crippen LogP contribution in [0.15, 0.2) is 18.2 Å². The van der Waals surface area contributed by atoms with Gasteiger partial charge in [-0.2, -0.15) is 0 Å². The lowest BCUT2D eigenvalue weighted by atomic mass is 10.0. The van der Waals surface area contributed by atoms with Crippen molar-refractivity contribution in [3.05, 3.63) is 29.6 Å². The SMILES string of the molecule is CCN1CCN([C@@H](c2ccc(OC)cc2OC)c2nnnn2CCOC)CC1. The second kappa shape index (κ2) is 9.81. The van der Waals surface area contributed by atoms with Gasteiger partial charge in [-0.25, -0.2) is 4.68 Å². The first-order chi connectivity index (χ1) is 13.7. The summed E-state index contributed by atoms with van der Waals surface area (Å²) in [6.45, 7) is 8.32. The lowest BCUT2D eigenvalue weighted by Crippen LogP contribution is -2.48. The minimum Gasteiger partial charge on any atom is -0.497 e. The predicted molar refractivity (Wildman–Crippen MR) is 105 cm³/mol. The molecule has 0 radical (unpaired) electrons. The molecule has 9 nitrogen and oxygen atoms in total. The normalized spacial score (nSPS) is 16.9. The molecule has 0 unspecified atom stereocenters. The van der Waals surface area contributed by atoms with Crippen LogP contribution < -0.4 is 9.47 Å². The van der Waals surface area contributed by atoms with Crippen LogP contribution in [0.1, 0.15) is 24.4 Å². The van der Waals surface area contributed by atoms with E-state index in [1.54, 1.807) is 21.3 Å². The van der Waals surface area contributed by atoms with Crippen molar-refractivity contribution in [3.63, 3.8) is 0 Å². The topological polar surface area (TPSA) is 77.8 Å². The third-order valence-corrected chi connectivity index (χ3v) is 5.27. The molecule has 9 heteroatoms. The van der Waals surface area contributed by atoms with E-state index in [1.807, 2.05) is 22.9 Å². The number of aromatic nitrogens is 4. The summed E-state index contributed by atoms with van der Waals surface area (Å²) in [7, 11) is 5.01. The van der Waals surface area contributed by atoms with Crippen molar-refractivity contribution in [1.82, 2.24) is 30.0 Å². The summed E-state index contributed by atoms with van der Waals surface area (Å²) in [5.41, 5.74) is 1.03. The van der Waals surface area contributed by atoms with Gasteiger partial charge in [-0.15, -0.1) is 5.10 Å². The third-order valence-electron chi connectivity index (χ3n) is 5.27. The molecule has 1 saturated heterocycles. The molecule has 1 aromatic heterocycles. The first-order valence-corrected chi connectivity index (χ1v) is 9.65. The van der Waals surface area contributed by atoms with Crippen LogP contribution in [0.3, 0.4) is 0 Å². The van der Waals surface area contributed by atoms with Crippen molar-refractivity contribution in [3.8, 4) is 11.5 Å². The van der Waals surface area contributed by atoms with Crippen LogP contribution in [0.2, 0.25) is 0 Å². The number of benzene rings is 1. The number of rotatable bonds is 9. The third kappa shape index (κ3) is 4.43. The van der Waals surface area contributed by atoms with E-state index in [1.165, 1.54) is 0 Å². The van der Waals surface area contributed by atoms with E-state index in [2.05, 4.69) is 32.2 Å². The van der Waals surface area contributed by atoms with Crippen molar-refractivity contribution in [1.29, 1.82) is 0 Å². The quantitative estimate of drug-likeness (QED) is 0.629. The second-order valence-corrected chi connectivity index (χ2v) is 6.73. The molecule has 1 fully saturated rings. The van der Waals surface area contributed by atoms with E-state index in [9.17, 15) is 0 Å². The van der Waals surface area contributed by atoms with Gasteiger partial charge in [0.25, 0.3) is 0 Å². The Morgan fingerprint density at radius 3 is 2.50 bits per heavy atom. The number of hydrogen-bond donors (Lipinski definition) is 0. The number of hydrogen-bond acceptors (Lipinski definition) is 8. The molecule has 0 bridgehead atoms. The Morgan fingerprint density at radius 1 is 1.07 bits per heavy atom. The summed E-state index contributed by atoms with van der Waals surface area (Å²) >= 11 is 0. The maximum absolute atomic E-state index is 5.70. The fourth-order valence-electron chi connectivity index (χ4n) is 3.63. The predicted octanol–water partition coefficient (Wildman–Crippen LogP) is 1.06. The van der Waals surface area contributed by atoms with E-state index in [0.29, 0.717) is 13.2 Å². The molecule has 1 atom stereocenters. The molecule has 3 rings (SSSR count). The van der Waals surface area contributed by atoms with Gasteiger partial charge in [0.2, 0.25) is 0 Å². The number of tetrazole rings is 1. The van der Waals surface area contributed by atoms with E-state index in [4.69, 9.17) is 14.2 Å². The van der Waals surface area contributed by atoms with Gasteiger partial charge in [-0.05, 0) is 29.1 Å². The summed E-state index contributed by atoms with van der Waals surface area (Å²) < 4.78 is 18.1. The highest BCUT2D eigenvalue weighted by Crippen LogP contribution is 2.36. The Bertz CT molecular complexity index is 745. The standard InChI is InChI=1S/C19H30N6O3/c1-5-23-8-10-24(11-9-23)18(19-20-21-22-25(19)12-13-26-2)16-7-6-15(27-3)14-17(16)28-4/h6-7,14,18H,5,8-13H2,1-4H3/t18-/m0/s1. The molecule has 0 aliphatic carbocycles. The van der Waals surface area contributed by atoms with Crippen LogP contribution in [0.25, 0.3) is 0 Å². The summed E-state index contributed by atoms with van der Waals surface area (Å²) in [6.07, 6.45) is 0. The molecule has 2 aromatic rings. The minimum atomic E-state index is -0.105. The molecular formula is C19H30N6O3. The highest BCUT2D eigenvalue weighted by molar-refractivity contribution is 5.44. The molecular weight excluding hydrogens is 360 g/mol. The zero-order valence-electron chi connectivity index (χ0n) is 17.2. The fraction of sp³-hybridized carbons (Fsp3) is 0.632. The maximum atomic E-state index is 5.70. The van der Waals surface area contributed by atoms with E-state index in [0.717, 1.165) is 55.6 Å². The Balaban J connectivity index is 1.99. The monoisotopic (exact) mass is 390 g/mol. The zero-order chi connectivity index (χ0) is 19.9. The summed E-state index contributed by atoms with van der Waals surface area (Å²) in [5.74, 6) is 2.32. The summed E-state index contributed by atoms with van der Waals surface area (Å²) in [4.78, 5) is 4.87. The van der Waals surface area contributed by atoms with Crippen molar-refractivity contribution in [2.24, 2.45) is 0 Å². The largest absolute Gasteiger partial charge is 0.497 e. The molecule has 0 saturated carbocycles. The molecule has 1 aromatic carbocycles. The molecule has 28 heavy (non-hydrogen) atoms. The van der Waals surface area contributed by atoms with E-state index >= 15 is 0 Å². The van der Waals surface area contributed by atoms with Gasteiger partial charge < -0.3 is 19.1 Å². The second-order valence-electron chi connectivity index (χ2n) is 6.73. The van der Waals surface area contributed by atoms with Crippen LogP contribution in [-0.4, -0.2) is 90.7 Å². The van der Waals surface area contributed by atoms with E-state index < -0.39 is 0 Å². The average molecular weight is 390 g/mol. The van der Waals surface area contributed by atoms with Gasteiger partial charge >= 0.3 is 0 Å². The van der Waals surface area contributed by atoms with Crippen molar-refractivity contribution < 1.29 is 14.2 Å². The summed E-state index contributed by atoms with van der Waals surface area (Å²) in [6, 6.07) is 5.81. The Hall–Kier alpha value is -2.23. The Labute approximate surface area is 166 Å². The zero-order valence-corrected chi connectivity index (χ0v) is 17.2. The van der Waals surface area contributed by atoms with Gasteiger partial charge in [-0.3, -0.25) is 4.90 Å². The van der Waals surface area contributed by atoms with Crippen molar-refractivity contribution in [2.75, 3.05) is 60.7 Å². The van der Waals surface area contributed by atoms with Crippen LogP contribution >= 0.6 is 0 Å². The number of piperazine rings is 1. The van der Waals surface area contributed by atoms with Gasteiger partial charge in [-0.1, -0.05) is 6.92 Å². The van der Waals surface area contributed by atoms with Crippen LogP contribution in [-0.2, 0) is 11.3 Å². The number of ether oxygens (including phenoxy) is 3.